The van der Waals surface area contributed by atoms with Crippen molar-refractivity contribution in [1.29, 1.82) is 0 Å². The molecule has 1 aliphatic heterocycles. The fraction of sp³-hybridized carbons (Fsp3) is 0.290. The van der Waals surface area contributed by atoms with Gasteiger partial charge in [0, 0.05) is 17.3 Å². The van der Waals surface area contributed by atoms with Crippen molar-refractivity contribution in [3.63, 3.8) is 0 Å². The summed E-state index contributed by atoms with van der Waals surface area (Å²) in [5, 5.41) is 18.7. The Morgan fingerprint density at radius 1 is 0.895 bits per heavy atom. The van der Waals surface area contributed by atoms with Crippen LogP contribution in [-0.2, 0) is 0 Å². The number of nitrogens with one attached hydrogen (secondary N) is 1. The second-order valence-corrected chi connectivity index (χ2v) is 10.3. The predicted molar refractivity (Wildman–Crippen MR) is 153 cm³/mol. The molecule has 0 spiro atoms. The van der Waals surface area contributed by atoms with Crippen LogP contribution in [0, 0.1) is 0 Å². The molecule has 0 saturated carbocycles. The van der Waals surface area contributed by atoms with Gasteiger partial charge in [0.05, 0.1) is 16.9 Å². The van der Waals surface area contributed by atoms with E-state index in [1.54, 1.807) is 15.9 Å². The Morgan fingerprint density at radius 3 is 2.21 bits per heavy atom. The first-order valence-corrected chi connectivity index (χ1v) is 13.2. The summed E-state index contributed by atoms with van der Waals surface area (Å²) in [5.74, 6) is 0. The lowest BCUT2D eigenvalue weighted by atomic mass is 9.98. The van der Waals surface area contributed by atoms with E-state index in [-0.39, 0.29) is 6.03 Å². The van der Waals surface area contributed by atoms with Crippen LogP contribution in [0.3, 0.4) is 0 Å². The summed E-state index contributed by atoms with van der Waals surface area (Å²) in [6.45, 7) is 6.47. The number of hydroxylamine groups is 2. The van der Waals surface area contributed by atoms with E-state index in [9.17, 15) is 14.8 Å². The summed E-state index contributed by atoms with van der Waals surface area (Å²) >= 11 is 0. The summed E-state index contributed by atoms with van der Waals surface area (Å²) in [5.41, 5.74) is 0.374. The van der Waals surface area contributed by atoms with E-state index >= 15 is 0 Å². The zero-order chi connectivity index (χ0) is 26.9. The molecule has 196 valence electrons. The standard InChI is InChI=1S/C31H34N4O3/c1-4-5-10-21-33-30(37)34(27-20-12-16-23-14-7-9-18-25(23)27)28(31(33,2)3)35(38)29(36)32-26-19-11-15-22-13-6-8-17-24(22)26/h6-9,11-20,28,38H,4-5,10,21H2,1-3H3,(H,32,36)/t28-/m1/s1. The molecule has 0 unspecified atom stereocenters. The average molecular weight is 511 g/mol. The van der Waals surface area contributed by atoms with Crippen LogP contribution < -0.4 is 10.2 Å². The number of unbranched alkanes of at least 4 members (excludes halogenated alkanes) is 2. The zero-order valence-corrected chi connectivity index (χ0v) is 22.1. The van der Waals surface area contributed by atoms with Gasteiger partial charge in [-0.05, 0) is 43.2 Å². The molecule has 1 heterocycles. The van der Waals surface area contributed by atoms with Gasteiger partial charge in [0.2, 0.25) is 0 Å². The molecule has 0 bridgehead atoms. The minimum atomic E-state index is -0.961. The Hall–Kier alpha value is -4.10. The molecule has 7 nitrogen and oxygen atoms in total. The van der Waals surface area contributed by atoms with Crippen LogP contribution in [-0.4, -0.2) is 45.5 Å². The van der Waals surface area contributed by atoms with Crippen LogP contribution in [0.4, 0.5) is 21.0 Å². The monoisotopic (exact) mass is 510 g/mol. The molecule has 0 radical (unpaired) electrons. The predicted octanol–water partition coefficient (Wildman–Crippen LogP) is 7.45. The smallest absolute Gasteiger partial charge is 0.315 e. The molecule has 4 amide bonds. The third-order valence-corrected chi connectivity index (χ3v) is 7.49. The van der Waals surface area contributed by atoms with Crippen molar-refractivity contribution in [3.05, 3.63) is 84.9 Å². The highest BCUT2D eigenvalue weighted by Crippen LogP contribution is 2.41. The SMILES string of the molecule is CCCCCN1C(=O)N(c2cccc3ccccc23)[C@H](N(O)C(=O)Nc2cccc3ccccc23)C1(C)C. The lowest BCUT2D eigenvalue weighted by Crippen LogP contribution is -2.58. The van der Waals surface area contributed by atoms with Crippen molar-refractivity contribution in [2.24, 2.45) is 0 Å². The molecule has 2 N–H and O–H groups in total. The number of urea groups is 2. The maximum atomic E-state index is 14.0. The van der Waals surface area contributed by atoms with Crippen LogP contribution in [0.2, 0.25) is 0 Å². The molecular weight excluding hydrogens is 476 g/mol. The number of benzene rings is 4. The van der Waals surface area contributed by atoms with Crippen molar-refractivity contribution in [3.8, 4) is 0 Å². The quantitative estimate of drug-likeness (QED) is 0.154. The first-order chi connectivity index (χ1) is 18.3. The maximum absolute atomic E-state index is 14.0. The number of hydrogen-bond donors (Lipinski definition) is 2. The minimum Gasteiger partial charge on any atom is -0.315 e. The second-order valence-electron chi connectivity index (χ2n) is 10.3. The zero-order valence-electron chi connectivity index (χ0n) is 22.1. The van der Waals surface area contributed by atoms with Crippen LogP contribution in [0.25, 0.3) is 21.5 Å². The van der Waals surface area contributed by atoms with Gasteiger partial charge in [-0.25, -0.2) is 9.59 Å². The van der Waals surface area contributed by atoms with Gasteiger partial charge in [0.15, 0.2) is 6.17 Å². The molecule has 4 aromatic rings. The minimum absolute atomic E-state index is 0.232. The Kier molecular flexibility index (Phi) is 6.95. The highest BCUT2D eigenvalue weighted by Gasteiger charge is 2.56. The fourth-order valence-corrected chi connectivity index (χ4v) is 5.52. The number of hydrogen-bond acceptors (Lipinski definition) is 3. The van der Waals surface area contributed by atoms with Crippen molar-refractivity contribution in [1.82, 2.24) is 9.96 Å². The van der Waals surface area contributed by atoms with E-state index in [0.29, 0.717) is 23.0 Å². The number of rotatable bonds is 7. The number of amides is 4. The molecule has 0 aliphatic carbocycles. The van der Waals surface area contributed by atoms with Crippen LogP contribution in [0.5, 0.6) is 0 Å². The van der Waals surface area contributed by atoms with E-state index in [1.807, 2.05) is 92.7 Å². The Balaban J connectivity index is 1.55. The van der Waals surface area contributed by atoms with Crippen LogP contribution >= 0.6 is 0 Å². The lowest BCUT2D eigenvalue weighted by Gasteiger charge is -2.38. The van der Waals surface area contributed by atoms with Crippen molar-refractivity contribution in [2.75, 3.05) is 16.8 Å². The third kappa shape index (κ3) is 4.43. The molecular formula is C31H34N4O3. The van der Waals surface area contributed by atoms with Gasteiger partial charge in [-0.15, -0.1) is 0 Å². The van der Waals surface area contributed by atoms with E-state index < -0.39 is 17.7 Å². The van der Waals surface area contributed by atoms with Gasteiger partial charge in [-0.1, -0.05) is 92.6 Å². The number of anilines is 2. The molecule has 1 aliphatic rings. The van der Waals surface area contributed by atoms with Gasteiger partial charge < -0.3 is 10.2 Å². The molecule has 38 heavy (non-hydrogen) atoms. The fourth-order valence-electron chi connectivity index (χ4n) is 5.52. The van der Waals surface area contributed by atoms with E-state index in [0.717, 1.165) is 40.8 Å². The topological polar surface area (TPSA) is 76.1 Å². The first-order valence-electron chi connectivity index (χ1n) is 13.2. The highest BCUT2D eigenvalue weighted by molar-refractivity contribution is 6.06. The molecule has 1 atom stereocenters. The van der Waals surface area contributed by atoms with Gasteiger partial charge >= 0.3 is 12.1 Å². The van der Waals surface area contributed by atoms with Crippen molar-refractivity contribution in [2.45, 2.75) is 51.7 Å². The summed E-state index contributed by atoms with van der Waals surface area (Å²) in [6.07, 6.45) is 1.90. The molecule has 7 heteroatoms. The maximum Gasteiger partial charge on any atom is 0.347 e. The summed E-state index contributed by atoms with van der Waals surface area (Å²) in [7, 11) is 0. The normalized spacial score (nSPS) is 16.8. The molecule has 4 aromatic carbocycles. The van der Waals surface area contributed by atoms with Crippen LogP contribution in [0.1, 0.15) is 40.0 Å². The molecule has 1 fully saturated rings. The lowest BCUT2D eigenvalue weighted by molar-refractivity contribution is -0.0948. The molecule has 5 rings (SSSR count). The Morgan fingerprint density at radius 2 is 1.50 bits per heavy atom. The van der Waals surface area contributed by atoms with Crippen molar-refractivity contribution < 1.29 is 14.8 Å². The van der Waals surface area contributed by atoms with E-state index in [1.165, 1.54) is 0 Å². The summed E-state index contributed by atoms with van der Waals surface area (Å²) in [4.78, 5) is 30.9. The summed E-state index contributed by atoms with van der Waals surface area (Å²) in [6, 6.07) is 26.0. The van der Waals surface area contributed by atoms with Gasteiger partial charge in [-0.3, -0.25) is 10.1 Å². The Bertz CT molecular complexity index is 1470. The van der Waals surface area contributed by atoms with E-state index in [2.05, 4.69) is 12.2 Å². The molecule has 1 saturated heterocycles. The second kappa shape index (κ2) is 10.3. The van der Waals surface area contributed by atoms with Gasteiger partial charge in [-0.2, -0.15) is 5.06 Å². The molecule has 0 aromatic heterocycles. The largest absolute Gasteiger partial charge is 0.347 e. The number of nitrogens with zero attached hydrogens (tertiary/aromatic N) is 3. The third-order valence-electron chi connectivity index (χ3n) is 7.49. The summed E-state index contributed by atoms with van der Waals surface area (Å²) < 4.78 is 0. The Labute approximate surface area is 223 Å². The number of carbonyl (C=O) groups is 2. The highest BCUT2D eigenvalue weighted by atomic mass is 16.5. The number of carbonyl (C=O) groups excluding carboxylic acids is 2. The van der Waals surface area contributed by atoms with Gasteiger partial charge in [0.1, 0.15) is 0 Å². The first kappa shape index (κ1) is 25.5. The van der Waals surface area contributed by atoms with Crippen molar-refractivity contribution >= 4 is 45.0 Å². The van der Waals surface area contributed by atoms with E-state index in [4.69, 9.17) is 0 Å². The number of fused-ring (bicyclic) bond motifs is 2. The van der Waals surface area contributed by atoms with Gasteiger partial charge in [0.25, 0.3) is 0 Å². The average Bonchev–Trinajstić information content (AvgIpc) is 3.12. The van der Waals surface area contributed by atoms with Crippen LogP contribution in [0.15, 0.2) is 84.9 Å².